The summed E-state index contributed by atoms with van der Waals surface area (Å²) in [7, 11) is 1.98. The maximum Gasteiger partial charge on any atom is 0.255 e. The van der Waals surface area contributed by atoms with Crippen LogP contribution in [-0.2, 0) is 42.8 Å². The van der Waals surface area contributed by atoms with Crippen molar-refractivity contribution < 1.29 is 19.1 Å². The van der Waals surface area contributed by atoms with E-state index in [9.17, 15) is 14.4 Å². The highest BCUT2D eigenvalue weighted by molar-refractivity contribution is 6.33. The van der Waals surface area contributed by atoms with Crippen LogP contribution in [0.3, 0.4) is 0 Å². The summed E-state index contributed by atoms with van der Waals surface area (Å²) in [5.74, 6) is 1.05. The molecule has 270 valence electrons. The normalized spacial score (nSPS) is 21.6. The van der Waals surface area contributed by atoms with Crippen LogP contribution in [0.5, 0.6) is 5.75 Å². The van der Waals surface area contributed by atoms with Crippen LogP contribution in [0.25, 0.3) is 11.3 Å². The third kappa shape index (κ3) is 7.40. The Labute approximate surface area is 307 Å². The van der Waals surface area contributed by atoms with Gasteiger partial charge in [0.2, 0.25) is 17.8 Å². The number of piperidine rings is 1. The summed E-state index contributed by atoms with van der Waals surface area (Å²) in [6.07, 6.45) is 11.8. The fourth-order valence-corrected chi connectivity index (χ4v) is 7.81. The van der Waals surface area contributed by atoms with Gasteiger partial charge in [-0.15, -0.1) is 0 Å². The van der Waals surface area contributed by atoms with Crippen LogP contribution < -0.4 is 20.7 Å². The Morgan fingerprint density at radius 1 is 0.923 bits per heavy atom. The van der Waals surface area contributed by atoms with Gasteiger partial charge in [0, 0.05) is 54.5 Å². The van der Waals surface area contributed by atoms with E-state index in [1.807, 2.05) is 24.0 Å². The van der Waals surface area contributed by atoms with E-state index in [1.165, 1.54) is 24.1 Å². The van der Waals surface area contributed by atoms with Gasteiger partial charge in [-0.1, -0.05) is 41.9 Å². The fourth-order valence-electron chi connectivity index (χ4n) is 7.62. The van der Waals surface area contributed by atoms with Crippen molar-refractivity contribution in [1.29, 1.82) is 0 Å². The summed E-state index contributed by atoms with van der Waals surface area (Å²) < 4.78 is 8.14. The predicted octanol–water partition coefficient (Wildman–Crippen LogP) is 5.34. The largest absolute Gasteiger partial charge is 0.489 e. The van der Waals surface area contributed by atoms with E-state index in [-0.39, 0.29) is 24.8 Å². The number of amides is 3. The van der Waals surface area contributed by atoms with Gasteiger partial charge in [-0.2, -0.15) is 5.10 Å². The molecule has 4 heterocycles. The molecule has 2 aromatic heterocycles. The molecule has 0 radical (unpaired) electrons. The van der Waals surface area contributed by atoms with Gasteiger partial charge in [-0.25, -0.2) is 9.97 Å². The number of hydrogen-bond acceptors (Lipinski definition) is 9. The van der Waals surface area contributed by atoms with Crippen molar-refractivity contribution in [3.63, 3.8) is 0 Å². The number of nitrogens with one attached hydrogen (secondary N) is 3. The highest BCUT2D eigenvalue weighted by Gasteiger charge is 2.40. The first-order valence-electron chi connectivity index (χ1n) is 18.3. The Hall–Kier alpha value is -4.81. The monoisotopic (exact) mass is 722 g/mol. The van der Waals surface area contributed by atoms with Crippen LogP contribution >= 0.6 is 11.6 Å². The molecule has 2 aliphatic heterocycles. The number of anilines is 1. The SMILES string of the molecule is Cn1ncc(-c2nc(NC3CCC(NCc4ccc(COc5cccc6c5CN([C@H]5CCC(=O)NC5=O)C6=O)cc4)CC3)ncc2Cl)c1CC1CC1. The minimum Gasteiger partial charge on any atom is -0.489 e. The van der Waals surface area contributed by atoms with Crippen LogP contribution in [0.1, 0.15) is 84.1 Å². The number of fused-ring (bicyclic) bond motifs is 1. The number of carbonyl (C=O) groups is 3. The van der Waals surface area contributed by atoms with Crippen molar-refractivity contribution in [2.45, 2.75) is 95.6 Å². The average molecular weight is 723 g/mol. The van der Waals surface area contributed by atoms with E-state index in [4.69, 9.17) is 21.3 Å². The number of hydrogen-bond donors (Lipinski definition) is 3. The molecule has 12 nitrogen and oxygen atoms in total. The molecule has 3 amide bonds. The van der Waals surface area contributed by atoms with Gasteiger partial charge in [0.05, 0.1) is 29.7 Å². The fraction of sp³-hybridized carbons (Fsp3) is 0.436. The zero-order valence-electron chi connectivity index (χ0n) is 29.2. The Kier molecular flexibility index (Phi) is 9.67. The highest BCUT2D eigenvalue weighted by atomic mass is 35.5. The zero-order chi connectivity index (χ0) is 35.8. The number of aryl methyl sites for hydroxylation is 1. The van der Waals surface area contributed by atoms with E-state index in [2.05, 4.69) is 50.3 Å². The molecule has 13 heteroatoms. The molecule has 2 aliphatic carbocycles. The Bertz CT molecular complexity index is 1990. The molecule has 3 N–H and O–H groups in total. The lowest BCUT2D eigenvalue weighted by Crippen LogP contribution is -2.52. The van der Waals surface area contributed by atoms with Gasteiger partial charge < -0.3 is 20.3 Å². The summed E-state index contributed by atoms with van der Waals surface area (Å²) in [5.41, 5.74) is 6.46. The zero-order valence-corrected chi connectivity index (χ0v) is 30.0. The first-order chi connectivity index (χ1) is 25.3. The van der Waals surface area contributed by atoms with Crippen molar-refractivity contribution >= 4 is 35.3 Å². The standard InChI is InChI=1S/C39H43ClN8O4/c1-47-33(17-23-5-6-23)29(19-43-47)36-31(40)20-42-39(46-36)44-27-13-11-26(12-14-27)41-18-24-7-9-25(10-8-24)22-52-34-4-2-3-28-30(34)21-48(38(28)51)32-15-16-35(49)45-37(32)50/h2-4,7-10,19-20,23,26-27,32,41H,5-6,11-18,21-22H2,1H3,(H,42,44,46)(H,45,49,50)/t26?,27?,32-/m0/s1. The quantitative estimate of drug-likeness (QED) is 0.165. The number of benzene rings is 2. The second kappa shape index (κ2) is 14.7. The van der Waals surface area contributed by atoms with Gasteiger partial charge in [0.25, 0.3) is 5.91 Å². The van der Waals surface area contributed by atoms with Crippen LogP contribution in [0.4, 0.5) is 5.95 Å². The maximum absolute atomic E-state index is 13.1. The van der Waals surface area contributed by atoms with Crippen LogP contribution in [-0.4, -0.2) is 60.5 Å². The summed E-state index contributed by atoms with van der Waals surface area (Å²) >= 11 is 6.58. The number of nitrogens with zero attached hydrogens (tertiary/aromatic N) is 5. The number of rotatable bonds is 12. The molecule has 3 fully saturated rings. The molecule has 1 saturated heterocycles. The van der Waals surface area contributed by atoms with Crippen molar-refractivity contribution in [2.24, 2.45) is 13.0 Å². The predicted molar refractivity (Wildman–Crippen MR) is 195 cm³/mol. The van der Waals surface area contributed by atoms with Gasteiger partial charge in [-0.05, 0) is 80.5 Å². The van der Waals surface area contributed by atoms with E-state index >= 15 is 0 Å². The number of ether oxygens (including phenoxy) is 1. The van der Waals surface area contributed by atoms with E-state index in [0.29, 0.717) is 47.4 Å². The summed E-state index contributed by atoms with van der Waals surface area (Å²) in [5, 5.41) is 14.7. The Morgan fingerprint density at radius 2 is 1.69 bits per heavy atom. The topological polar surface area (TPSA) is 143 Å². The first kappa shape index (κ1) is 34.3. The molecular weight excluding hydrogens is 680 g/mol. The molecule has 52 heavy (non-hydrogen) atoms. The van der Waals surface area contributed by atoms with Crippen molar-refractivity contribution in [3.05, 3.63) is 87.8 Å². The van der Waals surface area contributed by atoms with Gasteiger partial charge >= 0.3 is 0 Å². The number of imide groups is 1. The lowest BCUT2D eigenvalue weighted by molar-refractivity contribution is -0.136. The molecule has 0 bridgehead atoms. The highest BCUT2D eigenvalue weighted by Crippen LogP contribution is 2.37. The molecule has 2 aromatic carbocycles. The van der Waals surface area contributed by atoms with Crippen LogP contribution in [0.2, 0.25) is 5.02 Å². The average Bonchev–Trinajstić information content (AvgIpc) is 3.82. The number of carbonyl (C=O) groups excluding carboxylic acids is 3. The van der Waals surface area contributed by atoms with E-state index in [0.717, 1.165) is 67.0 Å². The molecular formula is C39H43ClN8O4. The molecule has 2 saturated carbocycles. The van der Waals surface area contributed by atoms with Gasteiger partial charge in [-0.3, -0.25) is 24.4 Å². The summed E-state index contributed by atoms with van der Waals surface area (Å²) in [4.78, 5) is 48.1. The minimum atomic E-state index is -0.654. The third-order valence-corrected chi connectivity index (χ3v) is 11.1. The number of halogens is 1. The van der Waals surface area contributed by atoms with Gasteiger partial charge in [0.15, 0.2) is 0 Å². The molecule has 8 rings (SSSR count). The Morgan fingerprint density at radius 3 is 2.46 bits per heavy atom. The molecule has 4 aromatic rings. The van der Waals surface area contributed by atoms with Crippen LogP contribution in [0.15, 0.2) is 54.9 Å². The lowest BCUT2D eigenvalue weighted by Gasteiger charge is -2.30. The molecule has 4 aliphatic rings. The minimum absolute atomic E-state index is 0.209. The maximum atomic E-state index is 13.1. The Balaban J connectivity index is 0.800. The van der Waals surface area contributed by atoms with E-state index in [1.54, 1.807) is 23.2 Å². The molecule has 0 unspecified atom stereocenters. The summed E-state index contributed by atoms with van der Waals surface area (Å²) in [6, 6.07) is 13.9. The van der Waals surface area contributed by atoms with Gasteiger partial charge in [0.1, 0.15) is 18.4 Å². The third-order valence-electron chi connectivity index (χ3n) is 10.9. The van der Waals surface area contributed by atoms with Crippen molar-refractivity contribution in [1.82, 2.24) is 35.3 Å². The molecule has 1 atom stereocenters. The lowest BCUT2D eigenvalue weighted by atomic mass is 9.91. The van der Waals surface area contributed by atoms with Crippen LogP contribution in [0, 0.1) is 5.92 Å². The molecule has 0 spiro atoms. The van der Waals surface area contributed by atoms with E-state index < -0.39 is 11.9 Å². The second-order valence-electron chi connectivity index (χ2n) is 14.5. The van der Waals surface area contributed by atoms with Crippen molar-refractivity contribution in [2.75, 3.05) is 5.32 Å². The summed E-state index contributed by atoms with van der Waals surface area (Å²) in [6.45, 7) is 1.42. The number of aromatic nitrogens is 4. The van der Waals surface area contributed by atoms with Crippen molar-refractivity contribution in [3.8, 4) is 17.0 Å². The second-order valence-corrected chi connectivity index (χ2v) is 14.9. The first-order valence-corrected chi connectivity index (χ1v) is 18.7. The smallest absolute Gasteiger partial charge is 0.255 e.